The number of rotatable bonds is 12. The van der Waals surface area contributed by atoms with E-state index in [2.05, 4.69) is 20.3 Å². The first-order valence-electron chi connectivity index (χ1n) is 10.5. The number of aliphatic hydroxyl groups is 1. The molecule has 0 aliphatic carbocycles. The summed E-state index contributed by atoms with van der Waals surface area (Å²) in [6.07, 6.45) is 0.232. The molecule has 1 aromatic heterocycles. The van der Waals surface area contributed by atoms with E-state index in [-0.39, 0.29) is 28.6 Å². The van der Waals surface area contributed by atoms with Gasteiger partial charge >= 0.3 is 6.03 Å². The summed E-state index contributed by atoms with van der Waals surface area (Å²) < 4.78 is 50.9. The molecule has 0 radical (unpaired) electrons. The van der Waals surface area contributed by atoms with Crippen molar-refractivity contribution in [2.24, 2.45) is 5.73 Å². The molecule has 0 saturated carbocycles. The van der Waals surface area contributed by atoms with E-state index in [1.165, 1.54) is 6.92 Å². The van der Waals surface area contributed by atoms with Crippen LogP contribution in [0.3, 0.4) is 0 Å². The fourth-order valence-electron chi connectivity index (χ4n) is 2.88. The lowest BCUT2D eigenvalue weighted by Crippen LogP contribution is -2.32. The number of aromatic nitrogens is 1. The molecule has 188 valence electrons. The van der Waals surface area contributed by atoms with Crippen LogP contribution in [0.15, 0.2) is 6.07 Å². The van der Waals surface area contributed by atoms with E-state index in [1.807, 2.05) is 13.8 Å². The summed E-state index contributed by atoms with van der Waals surface area (Å²) in [6, 6.07) is 0.449. The molecule has 13 heteroatoms. The van der Waals surface area contributed by atoms with Crippen molar-refractivity contribution in [3.63, 3.8) is 0 Å². The maximum atomic E-state index is 14.1. The smallest absolute Gasteiger partial charge is 0.319 e. The summed E-state index contributed by atoms with van der Waals surface area (Å²) in [6.45, 7) is 5.25. The number of anilines is 1. The SMILES string of the molecule is Cc1cc(F)c(COc2nsc(NC(=O)NCCC(O)CCNC(C)C)c2C(N)=O)c(F)c1F. The molecule has 1 heterocycles. The number of carbonyl (C=O) groups is 2. The minimum atomic E-state index is -1.41. The number of aliphatic hydroxyl groups excluding tert-OH is 1. The molecule has 1 atom stereocenters. The molecule has 6 N–H and O–H groups in total. The third kappa shape index (κ3) is 7.57. The molecule has 9 nitrogen and oxygen atoms in total. The highest BCUT2D eigenvalue weighted by Crippen LogP contribution is 2.31. The normalized spacial score (nSPS) is 12.0. The molecule has 0 spiro atoms. The molecule has 1 aromatic carbocycles. The Kier molecular flexibility index (Phi) is 10.1. The van der Waals surface area contributed by atoms with Crippen molar-refractivity contribution in [1.29, 1.82) is 0 Å². The van der Waals surface area contributed by atoms with Gasteiger partial charge in [-0.25, -0.2) is 18.0 Å². The van der Waals surface area contributed by atoms with Crippen LogP contribution in [0.5, 0.6) is 5.88 Å². The molecule has 0 fully saturated rings. The zero-order valence-corrected chi connectivity index (χ0v) is 19.8. The maximum Gasteiger partial charge on any atom is 0.319 e. The minimum absolute atomic E-state index is 0.0438. The number of urea groups is 1. The van der Waals surface area contributed by atoms with Gasteiger partial charge in [-0.3, -0.25) is 10.1 Å². The average molecular weight is 504 g/mol. The lowest BCUT2D eigenvalue weighted by Gasteiger charge is -2.13. The third-order valence-electron chi connectivity index (χ3n) is 4.72. The van der Waals surface area contributed by atoms with Crippen molar-refractivity contribution in [1.82, 2.24) is 15.0 Å². The Balaban J connectivity index is 1.96. The first-order chi connectivity index (χ1) is 16.0. The van der Waals surface area contributed by atoms with Gasteiger partial charge in [0.05, 0.1) is 11.7 Å². The van der Waals surface area contributed by atoms with E-state index in [0.29, 0.717) is 37.0 Å². The minimum Gasteiger partial charge on any atom is -0.471 e. The fraction of sp³-hybridized carbons (Fsp3) is 0.476. The van der Waals surface area contributed by atoms with Crippen LogP contribution in [0, 0.1) is 24.4 Å². The highest BCUT2D eigenvalue weighted by Gasteiger charge is 2.24. The molecule has 1 unspecified atom stereocenters. The Morgan fingerprint density at radius 1 is 1.21 bits per heavy atom. The Bertz CT molecular complexity index is 1020. The number of hydrogen-bond acceptors (Lipinski definition) is 7. The summed E-state index contributed by atoms with van der Waals surface area (Å²) in [5.41, 5.74) is 4.16. The van der Waals surface area contributed by atoms with E-state index in [0.717, 1.165) is 6.07 Å². The van der Waals surface area contributed by atoms with E-state index >= 15 is 0 Å². The van der Waals surface area contributed by atoms with Crippen LogP contribution in [0.4, 0.5) is 23.0 Å². The number of primary amides is 1. The third-order valence-corrected chi connectivity index (χ3v) is 5.46. The second-order valence-electron chi connectivity index (χ2n) is 7.85. The van der Waals surface area contributed by atoms with Gasteiger partial charge in [0.1, 0.15) is 23.0 Å². The van der Waals surface area contributed by atoms with Gasteiger partial charge in [-0.05, 0) is 49.5 Å². The van der Waals surface area contributed by atoms with Gasteiger partial charge in [-0.1, -0.05) is 13.8 Å². The lowest BCUT2D eigenvalue weighted by molar-refractivity contribution is 0.0996. The second-order valence-corrected chi connectivity index (χ2v) is 8.62. The standard InChI is InChI=1S/C21H28F3N5O4S/c1-10(2)26-6-4-12(30)5-7-27-21(32)28-20-15(18(25)31)19(29-34-20)33-9-13-14(22)8-11(3)16(23)17(13)24/h8,10,12,26,30H,4-7,9H2,1-3H3,(H2,25,31)(H2,27,28,32). The van der Waals surface area contributed by atoms with Gasteiger partial charge in [0, 0.05) is 12.6 Å². The quantitative estimate of drug-likeness (QED) is 0.282. The zero-order chi connectivity index (χ0) is 25.4. The van der Waals surface area contributed by atoms with E-state index < -0.39 is 47.7 Å². The first-order valence-corrected chi connectivity index (χ1v) is 11.3. The van der Waals surface area contributed by atoms with E-state index in [1.54, 1.807) is 0 Å². The summed E-state index contributed by atoms with van der Waals surface area (Å²) >= 11 is 0.668. The van der Waals surface area contributed by atoms with Gasteiger partial charge in [0.2, 0.25) is 5.88 Å². The van der Waals surface area contributed by atoms with Crippen molar-refractivity contribution in [3.05, 3.63) is 40.2 Å². The number of ether oxygens (including phenoxy) is 1. The maximum absolute atomic E-state index is 14.1. The fourth-order valence-corrected chi connectivity index (χ4v) is 3.62. The number of carbonyl (C=O) groups excluding carboxylic acids is 2. The van der Waals surface area contributed by atoms with Crippen LogP contribution in [-0.2, 0) is 6.61 Å². The van der Waals surface area contributed by atoms with Gasteiger partial charge in [0.15, 0.2) is 11.6 Å². The number of halogens is 3. The summed E-state index contributed by atoms with van der Waals surface area (Å²) in [4.78, 5) is 24.0. The molecule has 0 bridgehead atoms. The van der Waals surface area contributed by atoms with Crippen LogP contribution in [-0.4, -0.2) is 46.7 Å². The molecular formula is C21H28F3N5O4S. The number of nitrogens with zero attached hydrogens (tertiary/aromatic N) is 1. The lowest BCUT2D eigenvalue weighted by atomic mass is 10.1. The average Bonchev–Trinajstić information content (AvgIpc) is 3.14. The summed E-state index contributed by atoms with van der Waals surface area (Å²) in [5.74, 6) is -5.00. The molecule has 2 aromatic rings. The zero-order valence-electron chi connectivity index (χ0n) is 19.0. The number of aryl methyl sites for hydroxylation is 1. The van der Waals surface area contributed by atoms with E-state index in [9.17, 15) is 27.9 Å². The molecule has 0 saturated heterocycles. The van der Waals surface area contributed by atoms with E-state index in [4.69, 9.17) is 10.5 Å². The molecule has 2 rings (SSSR count). The van der Waals surface area contributed by atoms with Crippen LogP contribution < -0.4 is 26.4 Å². The van der Waals surface area contributed by atoms with Crippen molar-refractivity contribution in [2.75, 3.05) is 18.4 Å². The second kappa shape index (κ2) is 12.5. The molecule has 3 amide bonds. The number of amides is 3. The number of hydrogen-bond donors (Lipinski definition) is 5. The van der Waals surface area contributed by atoms with Crippen molar-refractivity contribution in [2.45, 2.75) is 52.4 Å². The van der Waals surface area contributed by atoms with Crippen LogP contribution in [0.2, 0.25) is 0 Å². The monoisotopic (exact) mass is 503 g/mol. The summed E-state index contributed by atoms with van der Waals surface area (Å²) in [5, 5.41) is 18.0. The Hall–Kier alpha value is -2.90. The van der Waals surface area contributed by atoms with Gasteiger partial charge in [-0.15, -0.1) is 0 Å². The molecule has 0 aliphatic rings. The van der Waals surface area contributed by atoms with Gasteiger partial charge < -0.3 is 26.2 Å². The van der Waals surface area contributed by atoms with Crippen LogP contribution >= 0.6 is 11.5 Å². The van der Waals surface area contributed by atoms with Gasteiger partial charge in [-0.2, -0.15) is 4.37 Å². The summed E-state index contributed by atoms with van der Waals surface area (Å²) in [7, 11) is 0. The van der Waals surface area contributed by atoms with Crippen molar-refractivity contribution >= 4 is 28.5 Å². The van der Waals surface area contributed by atoms with Crippen molar-refractivity contribution in [3.8, 4) is 5.88 Å². The molecule has 0 aliphatic heterocycles. The Morgan fingerprint density at radius 2 is 1.88 bits per heavy atom. The van der Waals surface area contributed by atoms with Crippen molar-refractivity contribution < 1.29 is 32.6 Å². The largest absolute Gasteiger partial charge is 0.471 e. The predicted octanol–water partition coefficient (Wildman–Crippen LogP) is 2.81. The predicted molar refractivity (Wildman–Crippen MR) is 121 cm³/mol. The molecule has 34 heavy (non-hydrogen) atoms. The topological polar surface area (TPSA) is 139 Å². The number of nitrogens with two attached hydrogens (primary N) is 1. The number of benzene rings is 1. The van der Waals surface area contributed by atoms with Crippen LogP contribution in [0.1, 0.15) is 48.2 Å². The van der Waals surface area contributed by atoms with Gasteiger partial charge in [0.25, 0.3) is 5.91 Å². The van der Waals surface area contributed by atoms with Crippen LogP contribution in [0.25, 0.3) is 0 Å². The molecular weight excluding hydrogens is 475 g/mol. The first kappa shape index (κ1) is 27.3. The Labute approximate surface area is 199 Å². The highest BCUT2D eigenvalue weighted by molar-refractivity contribution is 7.11. The Morgan fingerprint density at radius 3 is 2.53 bits per heavy atom. The number of nitrogens with one attached hydrogen (secondary N) is 3. The highest BCUT2D eigenvalue weighted by atomic mass is 32.1.